The van der Waals surface area contributed by atoms with Crippen LogP contribution in [0.4, 0.5) is 5.82 Å². The van der Waals surface area contributed by atoms with Crippen LogP contribution in [0.5, 0.6) is 0 Å². The summed E-state index contributed by atoms with van der Waals surface area (Å²) in [6, 6.07) is 0. The van der Waals surface area contributed by atoms with Gasteiger partial charge in [0.25, 0.3) is 5.91 Å². The fourth-order valence-electron chi connectivity index (χ4n) is 1.55. The standard InChI is InChI=1S/C9H14N4O2/c1-12-8(10)7(6-11-12)9(14)13-2-4-15-5-3-13/h6H,2-5,10H2,1H3. The average Bonchev–Trinajstić information content (AvgIpc) is 2.60. The Kier molecular flexibility index (Phi) is 2.59. The molecule has 1 amide bonds. The minimum absolute atomic E-state index is 0.0658. The molecule has 1 aromatic heterocycles. The van der Waals surface area contributed by atoms with Gasteiger partial charge in [0.1, 0.15) is 11.4 Å². The van der Waals surface area contributed by atoms with E-state index in [2.05, 4.69) is 5.10 Å². The number of hydrogen-bond donors (Lipinski definition) is 1. The Morgan fingerprint density at radius 3 is 2.73 bits per heavy atom. The van der Waals surface area contributed by atoms with E-state index in [1.807, 2.05) is 0 Å². The normalized spacial score (nSPS) is 16.7. The number of carbonyl (C=O) groups excluding carboxylic acids is 1. The largest absolute Gasteiger partial charge is 0.383 e. The van der Waals surface area contributed by atoms with Crippen LogP contribution in [-0.2, 0) is 11.8 Å². The number of nitrogen functional groups attached to an aromatic ring is 1. The Labute approximate surface area is 87.6 Å². The lowest BCUT2D eigenvalue weighted by Gasteiger charge is -2.26. The predicted molar refractivity (Wildman–Crippen MR) is 54.3 cm³/mol. The molecule has 1 saturated heterocycles. The van der Waals surface area contributed by atoms with Crippen LogP contribution in [0.15, 0.2) is 6.20 Å². The zero-order valence-electron chi connectivity index (χ0n) is 8.64. The number of rotatable bonds is 1. The topological polar surface area (TPSA) is 73.4 Å². The van der Waals surface area contributed by atoms with Gasteiger partial charge in [0.15, 0.2) is 0 Å². The highest BCUT2D eigenvalue weighted by molar-refractivity contribution is 5.98. The second kappa shape index (κ2) is 3.90. The Morgan fingerprint density at radius 2 is 2.20 bits per heavy atom. The van der Waals surface area contributed by atoms with Crippen molar-refractivity contribution in [3.63, 3.8) is 0 Å². The molecule has 6 nitrogen and oxygen atoms in total. The first kappa shape index (κ1) is 9.97. The van der Waals surface area contributed by atoms with E-state index in [9.17, 15) is 4.79 Å². The lowest BCUT2D eigenvalue weighted by molar-refractivity contribution is 0.0303. The maximum absolute atomic E-state index is 12.0. The van der Waals surface area contributed by atoms with Gasteiger partial charge in [0, 0.05) is 20.1 Å². The highest BCUT2D eigenvalue weighted by Gasteiger charge is 2.22. The molecule has 6 heteroatoms. The van der Waals surface area contributed by atoms with E-state index < -0.39 is 0 Å². The summed E-state index contributed by atoms with van der Waals surface area (Å²) in [4.78, 5) is 13.7. The molecule has 0 bridgehead atoms. The van der Waals surface area contributed by atoms with Crippen LogP contribution >= 0.6 is 0 Å². The van der Waals surface area contributed by atoms with Gasteiger partial charge in [-0.15, -0.1) is 0 Å². The Balaban J connectivity index is 2.16. The van der Waals surface area contributed by atoms with Gasteiger partial charge in [0.2, 0.25) is 0 Å². The summed E-state index contributed by atoms with van der Waals surface area (Å²) >= 11 is 0. The number of ether oxygens (including phenoxy) is 1. The number of nitrogens with two attached hydrogens (primary N) is 1. The van der Waals surface area contributed by atoms with E-state index in [4.69, 9.17) is 10.5 Å². The zero-order chi connectivity index (χ0) is 10.8. The number of hydrogen-bond acceptors (Lipinski definition) is 4. The first-order chi connectivity index (χ1) is 7.20. The SMILES string of the molecule is Cn1ncc(C(=O)N2CCOCC2)c1N. The van der Waals surface area contributed by atoms with Crippen molar-refractivity contribution in [1.29, 1.82) is 0 Å². The molecule has 0 unspecified atom stereocenters. The number of carbonyl (C=O) groups is 1. The summed E-state index contributed by atoms with van der Waals surface area (Å²) < 4.78 is 6.67. The lowest BCUT2D eigenvalue weighted by Crippen LogP contribution is -2.40. The molecule has 0 aromatic carbocycles. The molecule has 82 valence electrons. The van der Waals surface area contributed by atoms with E-state index in [0.717, 1.165) is 0 Å². The Hall–Kier alpha value is -1.56. The molecule has 2 rings (SSSR count). The lowest BCUT2D eigenvalue weighted by atomic mass is 10.2. The number of aromatic nitrogens is 2. The molecular weight excluding hydrogens is 196 g/mol. The van der Waals surface area contributed by atoms with E-state index in [1.54, 1.807) is 11.9 Å². The van der Waals surface area contributed by atoms with Crippen molar-refractivity contribution in [1.82, 2.24) is 14.7 Å². The van der Waals surface area contributed by atoms with Crippen molar-refractivity contribution in [3.8, 4) is 0 Å². The van der Waals surface area contributed by atoms with Gasteiger partial charge in [-0.1, -0.05) is 0 Å². The average molecular weight is 210 g/mol. The minimum atomic E-state index is -0.0658. The summed E-state index contributed by atoms with van der Waals surface area (Å²) in [5.41, 5.74) is 6.20. The van der Waals surface area contributed by atoms with Gasteiger partial charge in [-0.25, -0.2) is 0 Å². The molecule has 0 spiro atoms. The number of amides is 1. The van der Waals surface area contributed by atoms with Crippen LogP contribution in [0.1, 0.15) is 10.4 Å². The molecule has 2 heterocycles. The van der Waals surface area contributed by atoms with E-state index in [1.165, 1.54) is 10.9 Å². The molecule has 1 aliphatic rings. The third-order valence-electron chi connectivity index (χ3n) is 2.51. The molecular formula is C9H14N4O2. The summed E-state index contributed by atoms with van der Waals surface area (Å²) in [6.45, 7) is 2.41. The quantitative estimate of drug-likeness (QED) is 0.676. The van der Waals surface area contributed by atoms with Crippen LogP contribution in [-0.4, -0.2) is 46.9 Å². The van der Waals surface area contributed by atoms with Crippen molar-refractivity contribution in [2.24, 2.45) is 7.05 Å². The molecule has 0 saturated carbocycles. The minimum Gasteiger partial charge on any atom is -0.383 e. The molecule has 1 aromatic rings. The van der Waals surface area contributed by atoms with Gasteiger partial charge in [-0.05, 0) is 0 Å². The fourth-order valence-corrected chi connectivity index (χ4v) is 1.55. The zero-order valence-corrected chi connectivity index (χ0v) is 8.64. The summed E-state index contributed by atoms with van der Waals surface area (Å²) in [7, 11) is 1.71. The third-order valence-corrected chi connectivity index (χ3v) is 2.51. The maximum atomic E-state index is 12.0. The molecule has 2 N–H and O–H groups in total. The fraction of sp³-hybridized carbons (Fsp3) is 0.556. The first-order valence-corrected chi connectivity index (χ1v) is 4.84. The number of morpholine rings is 1. The van der Waals surface area contributed by atoms with Crippen LogP contribution in [0, 0.1) is 0 Å². The Morgan fingerprint density at radius 1 is 1.53 bits per heavy atom. The van der Waals surface area contributed by atoms with Crippen molar-refractivity contribution in [3.05, 3.63) is 11.8 Å². The first-order valence-electron chi connectivity index (χ1n) is 4.84. The smallest absolute Gasteiger partial charge is 0.259 e. The van der Waals surface area contributed by atoms with Crippen LogP contribution in [0.25, 0.3) is 0 Å². The van der Waals surface area contributed by atoms with Gasteiger partial charge < -0.3 is 15.4 Å². The van der Waals surface area contributed by atoms with Gasteiger partial charge in [0.05, 0.1) is 19.4 Å². The highest BCUT2D eigenvalue weighted by atomic mass is 16.5. The molecule has 1 aliphatic heterocycles. The van der Waals surface area contributed by atoms with Crippen molar-refractivity contribution in [2.45, 2.75) is 0 Å². The highest BCUT2D eigenvalue weighted by Crippen LogP contribution is 2.13. The second-order valence-electron chi connectivity index (χ2n) is 3.47. The van der Waals surface area contributed by atoms with Crippen LogP contribution < -0.4 is 5.73 Å². The maximum Gasteiger partial charge on any atom is 0.259 e. The molecule has 15 heavy (non-hydrogen) atoms. The van der Waals surface area contributed by atoms with Gasteiger partial charge in [-0.2, -0.15) is 5.10 Å². The summed E-state index contributed by atoms with van der Waals surface area (Å²) in [5.74, 6) is 0.343. The summed E-state index contributed by atoms with van der Waals surface area (Å²) in [6.07, 6.45) is 1.51. The van der Waals surface area contributed by atoms with E-state index in [0.29, 0.717) is 37.7 Å². The number of aryl methyl sites for hydroxylation is 1. The summed E-state index contributed by atoms with van der Waals surface area (Å²) in [5, 5.41) is 3.94. The van der Waals surface area contributed by atoms with E-state index in [-0.39, 0.29) is 5.91 Å². The van der Waals surface area contributed by atoms with Crippen molar-refractivity contribution in [2.75, 3.05) is 32.0 Å². The second-order valence-corrected chi connectivity index (χ2v) is 3.47. The molecule has 0 radical (unpaired) electrons. The number of anilines is 1. The molecule has 0 atom stereocenters. The van der Waals surface area contributed by atoms with Crippen molar-refractivity contribution >= 4 is 11.7 Å². The molecule has 1 fully saturated rings. The van der Waals surface area contributed by atoms with Crippen LogP contribution in [0.3, 0.4) is 0 Å². The third kappa shape index (κ3) is 1.80. The number of nitrogens with zero attached hydrogens (tertiary/aromatic N) is 3. The monoisotopic (exact) mass is 210 g/mol. The predicted octanol–water partition coefficient (Wildman–Crippen LogP) is -0.525. The van der Waals surface area contributed by atoms with E-state index >= 15 is 0 Å². The van der Waals surface area contributed by atoms with Gasteiger partial charge >= 0.3 is 0 Å². The van der Waals surface area contributed by atoms with Crippen LogP contribution in [0.2, 0.25) is 0 Å². The van der Waals surface area contributed by atoms with Gasteiger partial charge in [-0.3, -0.25) is 9.48 Å². The van der Waals surface area contributed by atoms with Crippen molar-refractivity contribution < 1.29 is 9.53 Å². The Bertz CT molecular complexity index is 368. The molecule has 0 aliphatic carbocycles.